The molecule has 1 rings (SSSR count). The molecule has 94 valence electrons. The van der Waals surface area contributed by atoms with Crippen LogP contribution in [0.2, 0.25) is 10.0 Å². The number of methoxy groups -OCH3 is 1. The molecule has 0 aliphatic heterocycles. The smallest absolute Gasteiger partial charge is 0.251 e. The first-order valence-corrected chi connectivity index (χ1v) is 6.10. The Labute approximate surface area is 115 Å². The molecule has 0 heterocycles. The van der Waals surface area contributed by atoms with Crippen molar-refractivity contribution in [2.75, 3.05) is 20.3 Å². The first kappa shape index (κ1) is 14.6. The zero-order chi connectivity index (χ0) is 12.8. The fraction of sp³-hybridized carbons (Fsp3) is 0.364. The van der Waals surface area contributed by atoms with Gasteiger partial charge in [-0.05, 0) is 18.2 Å². The minimum Gasteiger partial charge on any atom is -0.383 e. The third-order valence-electron chi connectivity index (χ3n) is 2.01. The van der Waals surface area contributed by atoms with E-state index in [0.717, 1.165) is 0 Å². The Bertz CT molecular complexity index is 398. The summed E-state index contributed by atoms with van der Waals surface area (Å²) in [6, 6.07) is 4.69. The number of ether oxygens (including phenoxy) is 1. The summed E-state index contributed by atoms with van der Waals surface area (Å²) in [5.74, 6) is -0.245. The Kier molecular flexibility index (Phi) is 6.06. The Morgan fingerprint density at radius 2 is 2.12 bits per heavy atom. The molecule has 0 saturated heterocycles. The van der Waals surface area contributed by atoms with Crippen molar-refractivity contribution >= 4 is 40.7 Å². The summed E-state index contributed by atoms with van der Waals surface area (Å²) < 4.78 is 4.85. The van der Waals surface area contributed by atoms with Gasteiger partial charge in [-0.15, -0.1) is 11.6 Å². The highest BCUT2D eigenvalue weighted by Crippen LogP contribution is 2.22. The maximum absolute atomic E-state index is 11.7. The average Bonchev–Trinajstić information content (AvgIpc) is 2.30. The first-order chi connectivity index (χ1) is 8.04. The van der Waals surface area contributed by atoms with Gasteiger partial charge in [-0.25, -0.2) is 0 Å². The van der Waals surface area contributed by atoms with Gasteiger partial charge in [0.15, 0.2) is 0 Å². The van der Waals surface area contributed by atoms with Gasteiger partial charge in [0.2, 0.25) is 0 Å². The van der Waals surface area contributed by atoms with Crippen LogP contribution >= 0.6 is 34.8 Å². The van der Waals surface area contributed by atoms with E-state index in [-0.39, 0.29) is 11.3 Å². The Hall–Kier alpha value is -0.480. The highest BCUT2D eigenvalue weighted by molar-refractivity contribution is 6.42. The Balaban J connectivity index is 2.55. The zero-order valence-corrected chi connectivity index (χ0v) is 11.4. The molecule has 0 aliphatic rings. The van der Waals surface area contributed by atoms with Gasteiger partial charge in [-0.2, -0.15) is 0 Å². The Morgan fingerprint density at radius 3 is 2.71 bits per heavy atom. The topological polar surface area (TPSA) is 38.3 Å². The summed E-state index contributed by atoms with van der Waals surface area (Å²) >= 11 is 17.4. The predicted molar refractivity (Wildman–Crippen MR) is 70.3 cm³/mol. The second kappa shape index (κ2) is 7.07. The lowest BCUT2D eigenvalue weighted by atomic mass is 10.2. The quantitative estimate of drug-likeness (QED) is 0.848. The van der Waals surface area contributed by atoms with Crippen LogP contribution < -0.4 is 5.32 Å². The minimum atomic E-state index is -0.258. The molecule has 1 atom stereocenters. The van der Waals surface area contributed by atoms with Gasteiger partial charge < -0.3 is 10.1 Å². The molecule has 0 aliphatic carbocycles. The van der Waals surface area contributed by atoms with Gasteiger partial charge in [0, 0.05) is 19.2 Å². The molecule has 1 aromatic carbocycles. The van der Waals surface area contributed by atoms with Crippen LogP contribution in [-0.2, 0) is 4.74 Å². The van der Waals surface area contributed by atoms with Crippen LogP contribution in [0.1, 0.15) is 10.4 Å². The number of benzene rings is 1. The van der Waals surface area contributed by atoms with Crippen LogP contribution in [0, 0.1) is 0 Å². The van der Waals surface area contributed by atoms with E-state index in [1.54, 1.807) is 19.2 Å². The van der Waals surface area contributed by atoms with Crippen LogP contribution in [0.4, 0.5) is 0 Å². The highest BCUT2D eigenvalue weighted by Gasteiger charge is 2.10. The molecule has 17 heavy (non-hydrogen) atoms. The van der Waals surface area contributed by atoms with Crippen LogP contribution in [0.25, 0.3) is 0 Å². The molecule has 0 radical (unpaired) electrons. The van der Waals surface area contributed by atoms with Crippen LogP contribution in [0.5, 0.6) is 0 Å². The predicted octanol–water partition coefficient (Wildman–Crippen LogP) is 2.98. The average molecular weight is 297 g/mol. The fourth-order valence-electron chi connectivity index (χ4n) is 1.18. The van der Waals surface area contributed by atoms with Crippen molar-refractivity contribution in [1.29, 1.82) is 0 Å². The van der Waals surface area contributed by atoms with Crippen LogP contribution in [0.15, 0.2) is 18.2 Å². The van der Waals surface area contributed by atoms with E-state index in [2.05, 4.69) is 5.32 Å². The molecule has 1 N–H and O–H groups in total. The number of nitrogens with one attached hydrogen (secondary N) is 1. The highest BCUT2D eigenvalue weighted by atomic mass is 35.5. The second-order valence-electron chi connectivity index (χ2n) is 3.39. The fourth-order valence-corrected chi connectivity index (χ4v) is 1.68. The molecule has 0 bridgehead atoms. The van der Waals surface area contributed by atoms with E-state index in [4.69, 9.17) is 39.5 Å². The van der Waals surface area contributed by atoms with E-state index < -0.39 is 0 Å². The van der Waals surface area contributed by atoms with Crippen molar-refractivity contribution in [3.8, 4) is 0 Å². The van der Waals surface area contributed by atoms with Gasteiger partial charge >= 0.3 is 0 Å². The van der Waals surface area contributed by atoms with Crippen molar-refractivity contribution < 1.29 is 9.53 Å². The maximum Gasteiger partial charge on any atom is 0.251 e. The molecular formula is C11H12Cl3NO2. The standard InChI is InChI=1S/C11H12Cl3NO2/c1-17-6-8(12)5-15-11(16)7-2-3-9(13)10(14)4-7/h2-4,8H,5-6H2,1H3,(H,15,16). The summed E-state index contributed by atoms with van der Waals surface area (Å²) in [5, 5.41) is 3.18. The minimum absolute atomic E-state index is 0.245. The molecule has 1 aromatic rings. The number of halogens is 3. The maximum atomic E-state index is 11.7. The SMILES string of the molecule is COCC(Cl)CNC(=O)c1ccc(Cl)c(Cl)c1. The summed E-state index contributed by atoms with van der Waals surface area (Å²) in [6.07, 6.45) is 0. The number of hydrogen-bond acceptors (Lipinski definition) is 2. The van der Waals surface area contributed by atoms with E-state index >= 15 is 0 Å². The molecule has 0 aromatic heterocycles. The summed E-state index contributed by atoms with van der Waals surface area (Å²) in [5.41, 5.74) is 0.445. The van der Waals surface area contributed by atoms with Crippen molar-refractivity contribution in [2.45, 2.75) is 5.38 Å². The van der Waals surface area contributed by atoms with E-state index in [1.807, 2.05) is 0 Å². The molecule has 0 fully saturated rings. The third kappa shape index (κ3) is 4.72. The van der Waals surface area contributed by atoms with E-state index in [0.29, 0.717) is 28.8 Å². The lowest BCUT2D eigenvalue weighted by Crippen LogP contribution is -2.31. The number of amides is 1. The summed E-state index contributed by atoms with van der Waals surface area (Å²) in [6.45, 7) is 0.706. The molecule has 1 unspecified atom stereocenters. The van der Waals surface area contributed by atoms with E-state index in [9.17, 15) is 4.79 Å². The van der Waals surface area contributed by atoms with Gasteiger partial charge in [-0.1, -0.05) is 23.2 Å². The first-order valence-electron chi connectivity index (χ1n) is 4.91. The number of alkyl halides is 1. The van der Waals surface area contributed by atoms with Crippen LogP contribution in [-0.4, -0.2) is 31.5 Å². The van der Waals surface area contributed by atoms with Crippen LogP contribution in [0.3, 0.4) is 0 Å². The molecule has 0 saturated carbocycles. The van der Waals surface area contributed by atoms with Crippen molar-refractivity contribution in [2.24, 2.45) is 0 Å². The zero-order valence-electron chi connectivity index (χ0n) is 9.17. The lowest BCUT2D eigenvalue weighted by molar-refractivity contribution is 0.0949. The van der Waals surface area contributed by atoms with Gasteiger partial charge in [-0.3, -0.25) is 4.79 Å². The van der Waals surface area contributed by atoms with E-state index in [1.165, 1.54) is 6.07 Å². The number of carbonyl (C=O) groups is 1. The molecule has 6 heteroatoms. The lowest BCUT2D eigenvalue weighted by Gasteiger charge is -2.10. The summed E-state index contributed by atoms with van der Waals surface area (Å²) in [4.78, 5) is 11.7. The molecule has 3 nitrogen and oxygen atoms in total. The van der Waals surface area contributed by atoms with Crippen molar-refractivity contribution in [3.63, 3.8) is 0 Å². The number of carbonyl (C=O) groups excluding carboxylic acids is 1. The van der Waals surface area contributed by atoms with Gasteiger partial charge in [0.05, 0.1) is 22.0 Å². The largest absolute Gasteiger partial charge is 0.383 e. The summed E-state index contributed by atoms with van der Waals surface area (Å²) in [7, 11) is 1.55. The molecule has 0 spiro atoms. The molecule has 1 amide bonds. The number of hydrogen-bond donors (Lipinski definition) is 1. The van der Waals surface area contributed by atoms with Gasteiger partial charge in [0.1, 0.15) is 0 Å². The number of rotatable bonds is 5. The Morgan fingerprint density at radius 1 is 1.41 bits per heavy atom. The molecular weight excluding hydrogens is 284 g/mol. The van der Waals surface area contributed by atoms with Crippen molar-refractivity contribution in [1.82, 2.24) is 5.32 Å². The second-order valence-corrected chi connectivity index (χ2v) is 4.82. The van der Waals surface area contributed by atoms with Gasteiger partial charge in [0.25, 0.3) is 5.91 Å². The van der Waals surface area contributed by atoms with Crippen molar-refractivity contribution in [3.05, 3.63) is 33.8 Å². The third-order valence-corrected chi connectivity index (χ3v) is 3.03. The monoisotopic (exact) mass is 295 g/mol. The normalized spacial score (nSPS) is 12.2.